The Balaban J connectivity index is 1.64. The summed E-state index contributed by atoms with van der Waals surface area (Å²) in [6.07, 6.45) is -0.0795. The van der Waals surface area contributed by atoms with E-state index in [4.69, 9.17) is 11.6 Å². The van der Waals surface area contributed by atoms with Gasteiger partial charge in [0.15, 0.2) is 0 Å². The first kappa shape index (κ1) is 19.7. The number of nitrogens with zero attached hydrogens (tertiary/aromatic N) is 1. The van der Waals surface area contributed by atoms with E-state index in [0.717, 1.165) is 4.90 Å². The molecule has 0 radical (unpaired) electrons. The van der Waals surface area contributed by atoms with Crippen LogP contribution in [0.25, 0.3) is 0 Å². The maximum absolute atomic E-state index is 13.6. The van der Waals surface area contributed by atoms with Crippen molar-refractivity contribution in [2.24, 2.45) is 11.8 Å². The second-order valence-corrected chi connectivity index (χ2v) is 8.42. The lowest BCUT2D eigenvalue weighted by molar-refractivity contribution is -0.137. The van der Waals surface area contributed by atoms with Crippen LogP contribution in [0, 0.1) is 11.8 Å². The third kappa shape index (κ3) is 2.72. The average molecular weight is 440 g/mol. The van der Waals surface area contributed by atoms with E-state index < -0.39 is 47.1 Å². The lowest BCUT2D eigenvalue weighted by Gasteiger charge is -2.29. The van der Waals surface area contributed by atoms with Crippen molar-refractivity contribution in [2.75, 3.05) is 10.2 Å². The molecule has 9 heteroatoms. The van der Waals surface area contributed by atoms with Gasteiger partial charge in [0.05, 0.1) is 17.5 Å². The van der Waals surface area contributed by atoms with Crippen LogP contribution < -0.4 is 15.5 Å². The van der Waals surface area contributed by atoms with Gasteiger partial charge in [-0.05, 0) is 36.8 Å². The first-order valence-corrected chi connectivity index (χ1v) is 10.3. The summed E-state index contributed by atoms with van der Waals surface area (Å²) in [6, 6.07) is 12.7. The molecule has 2 saturated heterocycles. The molecular weight excluding hydrogens is 422 g/mol. The number of carboxylic acid groups (broad SMARTS) is 1. The summed E-state index contributed by atoms with van der Waals surface area (Å²) in [5, 5.41) is 15.7. The Kier molecular flexibility index (Phi) is 4.39. The number of para-hydroxylation sites is 1. The van der Waals surface area contributed by atoms with Crippen LogP contribution in [0.3, 0.4) is 0 Å². The van der Waals surface area contributed by atoms with E-state index >= 15 is 0 Å². The van der Waals surface area contributed by atoms with Gasteiger partial charge in [0.2, 0.25) is 17.7 Å². The van der Waals surface area contributed by atoms with Crippen LogP contribution in [-0.2, 0) is 24.7 Å². The largest absolute Gasteiger partial charge is 0.481 e. The number of amides is 3. The van der Waals surface area contributed by atoms with Crippen molar-refractivity contribution in [1.82, 2.24) is 5.32 Å². The molecule has 2 aromatic rings. The van der Waals surface area contributed by atoms with E-state index in [1.807, 2.05) is 0 Å². The number of imide groups is 1. The molecule has 3 aliphatic rings. The highest BCUT2D eigenvalue weighted by Gasteiger charge is 2.70. The quantitative estimate of drug-likeness (QED) is 0.628. The van der Waals surface area contributed by atoms with Gasteiger partial charge in [0, 0.05) is 28.7 Å². The highest BCUT2D eigenvalue weighted by atomic mass is 35.5. The molecule has 8 nitrogen and oxygen atoms in total. The van der Waals surface area contributed by atoms with Crippen LogP contribution in [-0.4, -0.2) is 34.8 Å². The second-order valence-electron chi connectivity index (χ2n) is 7.98. The molecule has 2 aromatic carbocycles. The molecular formula is C22H18ClN3O5. The van der Waals surface area contributed by atoms with Gasteiger partial charge in [-0.1, -0.05) is 29.8 Å². The summed E-state index contributed by atoms with van der Waals surface area (Å²) in [7, 11) is 0. The minimum atomic E-state index is -1.43. The maximum atomic E-state index is 13.6. The molecule has 3 N–H and O–H groups in total. The fourth-order valence-corrected chi connectivity index (χ4v) is 5.26. The lowest BCUT2D eigenvalue weighted by atomic mass is 9.76. The number of carboxylic acids is 1. The summed E-state index contributed by atoms with van der Waals surface area (Å²) in [6.45, 7) is 0. The lowest BCUT2D eigenvalue weighted by Crippen LogP contribution is -2.53. The van der Waals surface area contributed by atoms with Gasteiger partial charge < -0.3 is 10.4 Å². The number of carbonyl (C=O) groups is 4. The summed E-state index contributed by atoms with van der Waals surface area (Å²) in [5.74, 6) is -4.22. The zero-order chi connectivity index (χ0) is 21.9. The number of nitrogens with one attached hydrogen (secondary N) is 2. The molecule has 0 unspecified atom stereocenters. The molecule has 2 fully saturated rings. The number of halogens is 1. The van der Waals surface area contributed by atoms with E-state index in [1.165, 1.54) is 0 Å². The van der Waals surface area contributed by atoms with Crippen LogP contribution in [0.1, 0.15) is 18.4 Å². The predicted octanol–water partition coefficient (Wildman–Crippen LogP) is 2.13. The van der Waals surface area contributed by atoms with Crippen molar-refractivity contribution < 1.29 is 24.3 Å². The molecule has 0 saturated carbocycles. The number of carbonyl (C=O) groups excluding carboxylic acids is 3. The third-order valence-electron chi connectivity index (χ3n) is 6.38. The predicted molar refractivity (Wildman–Crippen MR) is 111 cm³/mol. The molecule has 0 bridgehead atoms. The number of benzene rings is 2. The average Bonchev–Trinajstić information content (AvgIpc) is 3.32. The molecule has 0 aromatic heterocycles. The number of fused-ring (bicyclic) bond motifs is 4. The highest BCUT2D eigenvalue weighted by molar-refractivity contribution is 6.31. The van der Waals surface area contributed by atoms with Crippen molar-refractivity contribution in [2.45, 2.75) is 24.4 Å². The minimum Gasteiger partial charge on any atom is -0.481 e. The number of aliphatic carboxylic acids is 1. The summed E-state index contributed by atoms with van der Waals surface area (Å²) in [5.41, 5.74) is 0.0978. The van der Waals surface area contributed by atoms with Crippen LogP contribution >= 0.6 is 11.6 Å². The zero-order valence-corrected chi connectivity index (χ0v) is 16.9. The SMILES string of the molecule is O=C(O)CC[C@@H]1N[C@]2(C(=O)Nc3ccccc32)[C@@H]2C(=O)N(c3ccc(Cl)cc3)C(=O)[C@H]12. The Morgan fingerprint density at radius 2 is 1.77 bits per heavy atom. The van der Waals surface area contributed by atoms with Gasteiger partial charge in [-0.3, -0.25) is 24.5 Å². The van der Waals surface area contributed by atoms with Crippen molar-refractivity contribution in [3.8, 4) is 0 Å². The Morgan fingerprint density at radius 1 is 1.06 bits per heavy atom. The van der Waals surface area contributed by atoms with E-state index in [1.54, 1.807) is 48.5 Å². The van der Waals surface area contributed by atoms with E-state index in [-0.39, 0.29) is 12.8 Å². The topological polar surface area (TPSA) is 116 Å². The fraction of sp³-hybridized carbons (Fsp3) is 0.273. The minimum absolute atomic E-state index is 0.112. The van der Waals surface area contributed by atoms with Gasteiger partial charge in [0.25, 0.3) is 0 Å². The number of hydrogen-bond donors (Lipinski definition) is 3. The van der Waals surface area contributed by atoms with E-state index in [0.29, 0.717) is 22.0 Å². The molecule has 158 valence electrons. The van der Waals surface area contributed by atoms with Crippen LogP contribution in [0.4, 0.5) is 11.4 Å². The molecule has 3 amide bonds. The number of hydrogen-bond acceptors (Lipinski definition) is 5. The van der Waals surface area contributed by atoms with Crippen molar-refractivity contribution in [3.63, 3.8) is 0 Å². The molecule has 3 heterocycles. The molecule has 0 aliphatic carbocycles. The van der Waals surface area contributed by atoms with E-state index in [9.17, 15) is 24.3 Å². The van der Waals surface area contributed by atoms with Crippen molar-refractivity contribution >= 4 is 46.7 Å². The fourth-order valence-electron chi connectivity index (χ4n) is 5.13. The van der Waals surface area contributed by atoms with Crippen LogP contribution in [0.2, 0.25) is 5.02 Å². The second kappa shape index (κ2) is 6.90. The standard InChI is InChI=1S/C22H18ClN3O5/c23-11-5-7-12(8-6-11)26-19(29)17-15(9-10-16(27)28)25-22(18(17)20(26)30)13-3-1-2-4-14(13)24-21(22)31/h1-8,15,17-18,25H,9-10H2,(H,24,31)(H,27,28)/t15-,17+,18-,22-/m0/s1. The zero-order valence-electron chi connectivity index (χ0n) is 16.2. The third-order valence-corrected chi connectivity index (χ3v) is 6.63. The van der Waals surface area contributed by atoms with Gasteiger partial charge in [-0.2, -0.15) is 0 Å². The smallest absolute Gasteiger partial charge is 0.303 e. The normalized spacial score (nSPS) is 28.7. The monoisotopic (exact) mass is 439 g/mol. The van der Waals surface area contributed by atoms with Gasteiger partial charge in [-0.15, -0.1) is 0 Å². The Labute approximate surface area is 182 Å². The van der Waals surface area contributed by atoms with Crippen LogP contribution in [0.15, 0.2) is 48.5 Å². The van der Waals surface area contributed by atoms with Gasteiger partial charge >= 0.3 is 5.97 Å². The first-order chi connectivity index (χ1) is 14.8. The summed E-state index contributed by atoms with van der Waals surface area (Å²) >= 11 is 5.95. The van der Waals surface area contributed by atoms with E-state index in [2.05, 4.69) is 10.6 Å². The summed E-state index contributed by atoms with van der Waals surface area (Å²) < 4.78 is 0. The maximum Gasteiger partial charge on any atom is 0.303 e. The molecule has 3 aliphatic heterocycles. The van der Waals surface area contributed by atoms with Crippen LogP contribution in [0.5, 0.6) is 0 Å². The number of anilines is 2. The Bertz CT molecular complexity index is 1130. The first-order valence-electron chi connectivity index (χ1n) is 9.88. The molecule has 5 rings (SSSR count). The van der Waals surface area contributed by atoms with Gasteiger partial charge in [-0.25, -0.2) is 4.90 Å². The Morgan fingerprint density at radius 3 is 2.48 bits per heavy atom. The molecule has 4 atom stereocenters. The summed E-state index contributed by atoms with van der Waals surface area (Å²) in [4.78, 5) is 52.6. The van der Waals surface area contributed by atoms with Crippen molar-refractivity contribution in [1.29, 1.82) is 0 Å². The number of rotatable bonds is 4. The molecule has 1 spiro atoms. The highest BCUT2D eigenvalue weighted by Crippen LogP contribution is 2.54. The van der Waals surface area contributed by atoms with Crippen molar-refractivity contribution in [3.05, 3.63) is 59.1 Å². The molecule has 31 heavy (non-hydrogen) atoms. The van der Waals surface area contributed by atoms with Gasteiger partial charge in [0.1, 0.15) is 5.54 Å². The Hall–Kier alpha value is -3.23.